The third-order valence-electron chi connectivity index (χ3n) is 2.93. The molecule has 0 saturated carbocycles. The van der Waals surface area contributed by atoms with Crippen LogP contribution in [0.4, 0.5) is 5.69 Å². The van der Waals surface area contributed by atoms with Gasteiger partial charge in [-0.05, 0) is 41.2 Å². The third kappa shape index (κ3) is 5.12. The maximum Gasteiger partial charge on any atom is 0.0839 e. The summed E-state index contributed by atoms with van der Waals surface area (Å²) >= 11 is 15.5. The molecule has 6 heteroatoms. The van der Waals surface area contributed by atoms with Gasteiger partial charge in [0, 0.05) is 17.6 Å². The Morgan fingerprint density at radius 1 is 1.26 bits per heavy atom. The second kappa shape index (κ2) is 8.32. The Morgan fingerprint density at radius 3 is 2.47 bits per heavy atom. The molecule has 1 unspecified atom stereocenters. The lowest BCUT2D eigenvalue weighted by Gasteiger charge is -2.22. The van der Waals surface area contributed by atoms with E-state index in [1.165, 1.54) is 0 Å². The molecule has 0 bridgehead atoms. The Labute approximate surface area is 133 Å². The van der Waals surface area contributed by atoms with Gasteiger partial charge in [-0.3, -0.25) is 0 Å². The highest BCUT2D eigenvalue weighted by molar-refractivity contribution is 9.10. The van der Waals surface area contributed by atoms with Crippen LogP contribution in [0.15, 0.2) is 16.6 Å². The molecule has 0 fully saturated rings. The summed E-state index contributed by atoms with van der Waals surface area (Å²) in [6.45, 7) is 7.09. The second-order valence-corrected chi connectivity index (χ2v) is 5.85. The fraction of sp³-hybridized carbons (Fsp3) is 0.538. The van der Waals surface area contributed by atoms with E-state index in [2.05, 4.69) is 40.0 Å². The molecule has 0 saturated heterocycles. The lowest BCUT2D eigenvalue weighted by molar-refractivity contribution is 0.128. The molecule has 0 heterocycles. The summed E-state index contributed by atoms with van der Waals surface area (Å²) in [6, 6.07) is 3.66. The van der Waals surface area contributed by atoms with Crippen molar-refractivity contribution in [1.82, 2.24) is 4.90 Å². The van der Waals surface area contributed by atoms with Crippen LogP contribution in [0.3, 0.4) is 0 Å². The van der Waals surface area contributed by atoms with Crippen molar-refractivity contribution in [3.63, 3.8) is 0 Å². The zero-order chi connectivity index (χ0) is 14.4. The smallest absolute Gasteiger partial charge is 0.0839 e. The van der Waals surface area contributed by atoms with Gasteiger partial charge in [0.15, 0.2) is 0 Å². The number of rotatable bonds is 7. The molecule has 2 N–H and O–H groups in total. The van der Waals surface area contributed by atoms with Gasteiger partial charge in [0.1, 0.15) is 0 Å². The van der Waals surface area contributed by atoms with E-state index in [4.69, 9.17) is 23.2 Å². The third-order valence-corrected chi connectivity index (χ3v) is 4.70. The van der Waals surface area contributed by atoms with Crippen molar-refractivity contribution < 1.29 is 5.11 Å². The largest absolute Gasteiger partial charge is 0.390 e. The highest BCUT2D eigenvalue weighted by Gasteiger charge is 2.11. The van der Waals surface area contributed by atoms with Gasteiger partial charge in [0.25, 0.3) is 0 Å². The van der Waals surface area contributed by atoms with E-state index < -0.39 is 6.10 Å². The zero-order valence-electron chi connectivity index (χ0n) is 11.1. The summed E-state index contributed by atoms with van der Waals surface area (Å²) in [5.41, 5.74) is 0.730. The van der Waals surface area contributed by atoms with Gasteiger partial charge in [0.2, 0.25) is 0 Å². The van der Waals surface area contributed by atoms with Crippen molar-refractivity contribution >= 4 is 44.8 Å². The SMILES string of the molecule is CCN(CC)CC(O)CNc1ccc(Br)c(Cl)c1Cl. The van der Waals surface area contributed by atoms with Crippen LogP contribution < -0.4 is 5.32 Å². The van der Waals surface area contributed by atoms with Crippen LogP contribution in [-0.2, 0) is 0 Å². The summed E-state index contributed by atoms with van der Waals surface area (Å²) in [7, 11) is 0. The number of aliphatic hydroxyl groups is 1. The highest BCUT2D eigenvalue weighted by atomic mass is 79.9. The van der Waals surface area contributed by atoms with E-state index in [1.807, 2.05) is 12.1 Å². The molecule has 0 spiro atoms. The van der Waals surface area contributed by atoms with E-state index in [0.717, 1.165) is 23.2 Å². The molecule has 1 aromatic carbocycles. The number of aliphatic hydroxyl groups excluding tert-OH is 1. The molecular weight excluding hydrogens is 351 g/mol. The summed E-state index contributed by atoms with van der Waals surface area (Å²) in [5, 5.41) is 14.0. The molecule has 0 aliphatic carbocycles. The highest BCUT2D eigenvalue weighted by Crippen LogP contribution is 2.35. The van der Waals surface area contributed by atoms with E-state index in [1.54, 1.807) is 0 Å². The standard InChI is InChI=1S/C13H19BrCl2N2O/c1-3-18(4-2)8-9(19)7-17-11-6-5-10(14)12(15)13(11)16/h5-6,9,17,19H,3-4,7-8H2,1-2H3. The van der Waals surface area contributed by atoms with Gasteiger partial charge < -0.3 is 15.3 Å². The topological polar surface area (TPSA) is 35.5 Å². The lowest BCUT2D eigenvalue weighted by atomic mass is 10.2. The summed E-state index contributed by atoms with van der Waals surface area (Å²) in [5.74, 6) is 0. The van der Waals surface area contributed by atoms with E-state index in [0.29, 0.717) is 23.1 Å². The zero-order valence-corrected chi connectivity index (χ0v) is 14.2. The van der Waals surface area contributed by atoms with Gasteiger partial charge in [-0.15, -0.1) is 0 Å². The number of anilines is 1. The average molecular weight is 370 g/mol. The minimum Gasteiger partial charge on any atom is -0.390 e. The Balaban J connectivity index is 2.55. The number of halogens is 3. The average Bonchev–Trinajstić information content (AvgIpc) is 2.41. The van der Waals surface area contributed by atoms with Gasteiger partial charge in [0.05, 0.1) is 21.8 Å². The quantitative estimate of drug-likeness (QED) is 0.716. The first-order chi connectivity index (χ1) is 8.99. The van der Waals surface area contributed by atoms with Crippen molar-refractivity contribution in [2.24, 2.45) is 0 Å². The number of likely N-dealkylation sites (N-methyl/N-ethyl adjacent to an activating group) is 1. The lowest BCUT2D eigenvalue weighted by Crippen LogP contribution is -2.35. The molecule has 3 nitrogen and oxygen atoms in total. The molecule has 1 aromatic rings. The van der Waals surface area contributed by atoms with Crippen molar-refractivity contribution in [3.05, 3.63) is 26.7 Å². The monoisotopic (exact) mass is 368 g/mol. The molecule has 0 amide bonds. The van der Waals surface area contributed by atoms with E-state index >= 15 is 0 Å². The minimum absolute atomic E-state index is 0.439. The molecule has 1 atom stereocenters. The van der Waals surface area contributed by atoms with Crippen LogP contribution in [-0.4, -0.2) is 42.3 Å². The first kappa shape index (κ1) is 17.1. The minimum atomic E-state index is -0.446. The number of hydrogen-bond acceptors (Lipinski definition) is 3. The Kier molecular flexibility index (Phi) is 7.47. The fourth-order valence-corrected chi connectivity index (χ4v) is 2.58. The second-order valence-electron chi connectivity index (χ2n) is 4.24. The molecular formula is C13H19BrCl2N2O. The van der Waals surface area contributed by atoms with Gasteiger partial charge in [-0.1, -0.05) is 37.0 Å². The maximum atomic E-state index is 9.97. The van der Waals surface area contributed by atoms with Gasteiger partial charge >= 0.3 is 0 Å². The number of nitrogens with zero attached hydrogens (tertiary/aromatic N) is 1. The Morgan fingerprint density at radius 2 is 1.89 bits per heavy atom. The van der Waals surface area contributed by atoms with Crippen LogP contribution in [0.5, 0.6) is 0 Å². The molecule has 0 aromatic heterocycles. The normalized spacial score (nSPS) is 12.8. The molecule has 0 radical (unpaired) electrons. The van der Waals surface area contributed by atoms with Crippen LogP contribution in [0.25, 0.3) is 0 Å². The Hall–Kier alpha value is -0.000000000000000111. The van der Waals surface area contributed by atoms with Crippen molar-refractivity contribution in [3.8, 4) is 0 Å². The number of nitrogens with one attached hydrogen (secondary N) is 1. The predicted octanol–water partition coefficient (Wildman–Crippen LogP) is 3.87. The van der Waals surface area contributed by atoms with Crippen LogP contribution in [0.1, 0.15) is 13.8 Å². The molecule has 19 heavy (non-hydrogen) atoms. The van der Waals surface area contributed by atoms with Crippen molar-refractivity contribution in [2.45, 2.75) is 20.0 Å². The van der Waals surface area contributed by atoms with Crippen molar-refractivity contribution in [1.29, 1.82) is 0 Å². The first-order valence-electron chi connectivity index (χ1n) is 6.27. The van der Waals surface area contributed by atoms with Crippen LogP contribution in [0, 0.1) is 0 Å². The van der Waals surface area contributed by atoms with Crippen LogP contribution in [0.2, 0.25) is 10.0 Å². The van der Waals surface area contributed by atoms with Gasteiger partial charge in [-0.25, -0.2) is 0 Å². The fourth-order valence-electron chi connectivity index (χ4n) is 1.73. The van der Waals surface area contributed by atoms with Crippen LogP contribution >= 0.6 is 39.1 Å². The molecule has 108 valence electrons. The first-order valence-corrected chi connectivity index (χ1v) is 7.82. The van der Waals surface area contributed by atoms with Gasteiger partial charge in [-0.2, -0.15) is 0 Å². The molecule has 0 aliphatic heterocycles. The predicted molar refractivity (Wildman–Crippen MR) is 86.4 cm³/mol. The number of benzene rings is 1. The number of hydrogen-bond donors (Lipinski definition) is 2. The summed E-state index contributed by atoms with van der Waals surface area (Å²) in [6.07, 6.45) is -0.446. The van der Waals surface area contributed by atoms with E-state index in [9.17, 15) is 5.11 Å². The summed E-state index contributed by atoms with van der Waals surface area (Å²) in [4.78, 5) is 2.17. The van der Waals surface area contributed by atoms with Crippen molar-refractivity contribution in [2.75, 3.05) is 31.5 Å². The Bertz CT molecular complexity index is 414. The summed E-state index contributed by atoms with van der Waals surface area (Å²) < 4.78 is 0.758. The molecule has 0 aliphatic rings. The van der Waals surface area contributed by atoms with E-state index in [-0.39, 0.29) is 0 Å². The molecule has 1 rings (SSSR count). The maximum absolute atomic E-state index is 9.97.